The minimum atomic E-state index is -0.0463. The molecular weight excluding hydrogens is 1090 g/mol. The third kappa shape index (κ3) is 28.2. The molecule has 1 saturated heterocycles. The molecule has 0 aromatic rings. The van der Waals surface area contributed by atoms with Crippen molar-refractivity contribution in [1.82, 2.24) is 0 Å². The fraction of sp³-hybridized carbons (Fsp3) is 0.940. The van der Waals surface area contributed by atoms with Crippen LogP contribution in [0.5, 0.6) is 0 Å². The van der Waals surface area contributed by atoms with Gasteiger partial charge in [-0.25, -0.2) is 0 Å². The zero-order chi connectivity index (χ0) is 66.1. The van der Waals surface area contributed by atoms with Gasteiger partial charge >= 0.3 is 5.97 Å². The van der Waals surface area contributed by atoms with E-state index in [0.29, 0.717) is 53.9 Å². The zero-order valence-corrected chi connectivity index (χ0v) is 62.5. The van der Waals surface area contributed by atoms with Gasteiger partial charge in [0, 0.05) is 56.3 Å². The van der Waals surface area contributed by atoms with E-state index in [1.807, 2.05) is 111 Å². The van der Waals surface area contributed by atoms with E-state index >= 15 is 0 Å². The Kier molecular flexibility index (Phi) is 46.4. The fourth-order valence-electron chi connectivity index (χ4n) is 20.6. The number of fused-ring (bicyclic) bond motifs is 9. The normalized spacial score (nSPS) is 36.6. The molecule has 12 bridgehead atoms. The van der Waals surface area contributed by atoms with Crippen molar-refractivity contribution in [3.63, 3.8) is 0 Å². The first kappa shape index (κ1) is 83.2. The van der Waals surface area contributed by atoms with Crippen molar-refractivity contribution < 1.29 is 28.7 Å². The first-order valence-corrected chi connectivity index (χ1v) is 40.9. The van der Waals surface area contributed by atoms with Gasteiger partial charge in [0.05, 0.1) is 6.61 Å². The molecule has 1 heterocycles. The molecule has 0 N–H and O–H groups in total. The largest absolute Gasteiger partial charge is 0.466 e. The number of ether oxygens (including phenoxy) is 1. The van der Waals surface area contributed by atoms with Crippen LogP contribution in [-0.4, -0.2) is 35.7 Å². The van der Waals surface area contributed by atoms with Crippen molar-refractivity contribution in [1.29, 1.82) is 0 Å². The van der Waals surface area contributed by atoms with Gasteiger partial charge in [0.2, 0.25) is 0 Å². The quantitative estimate of drug-likeness (QED) is 0.224. The van der Waals surface area contributed by atoms with Gasteiger partial charge in [0.1, 0.15) is 23.1 Å². The summed E-state index contributed by atoms with van der Waals surface area (Å²) in [4.78, 5) is 53.4. The van der Waals surface area contributed by atoms with Gasteiger partial charge in [-0.15, -0.1) is 0 Å². The summed E-state index contributed by atoms with van der Waals surface area (Å²) < 4.78 is 4.51. The van der Waals surface area contributed by atoms with Crippen LogP contribution in [0.1, 0.15) is 387 Å². The number of carbonyl (C=O) groups is 5. The summed E-state index contributed by atoms with van der Waals surface area (Å²) in [6, 6.07) is 0. The van der Waals surface area contributed by atoms with Crippen LogP contribution < -0.4 is 0 Å². The summed E-state index contributed by atoms with van der Waals surface area (Å²) in [5.41, 5.74) is 0. The molecular formula is C83H154O6. The number of Topliss-reactive ketones (excluding diaryl/α,β-unsaturated/α-hetero) is 4. The molecule has 0 aromatic heterocycles. The second-order valence-electron chi connectivity index (χ2n) is 28.8. The van der Waals surface area contributed by atoms with E-state index in [4.69, 9.17) is 0 Å². The number of hydrogen-bond donors (Lipinski definition) is 0. The molecule has 6 heteroatoms. The molecule has 0 radical (unpaired) electrons. The van der Waals surface area contributed by atoms with Gasteiger partial charge in [-0.3, -0.25) is 24.0 Å². The molecule has 18 saturated carbocycles. The Morgan fingerprint density at radius 2 is 0.596 bits per heavy atom. The second-order valence-corrected chi connectivity index (χ2v) is 28.8. The van der Waals surface area contributed by atoms with Gasteiger partial charge in [0.25, 0.3) is 0 Å². The number of ketones is 4. The van der Waals surface area contributed by atoms with Crippen molar-refractivity contribution in [2.45, 2.75) is 387 Å². The molecule has 522 valence electrons. The lowest BCUT2D eigenvalue weighted by molar-refractivity contribution is -0.140. The van der Waals surface area contributed by atoms with E-state index in [9.17, 15) is 24.0 Å². The fourth-order valence-corrected chi connectivity index (χ4v) is 20.6. The van der Waals surface area contributed by atoms with Crippen LogP contribution >= 0.6 is 0 Å². The highest BCUT2D eigenvalue weighted by Crippen LogP contribution is 2.58. The number of cyclic esters (lactones) is 1. The Balaban J connectivity index is 0.000000342. The van der Waals surface area contributed by atoms with Crippen LogP contribution in [0.15, 0.2) is 0 Å². The summed E-state index contributed by atoms with van der Waals surface area (Å²) in [6.07, 6.45) is 58.0. The van der Waals surface area contributed by atoms with Crippen LogP contribution in [0.4, 0.5) is 0 Å². The minimum Gasteiger partial charge on any atom is -0.466 e. The Morgan fingerprint density at radius 3 is 0.865 bits per heavy atom. The maximum Gasteiger partial charge on any atom is 0.305 e. The van der Waals surface area contributed by atoms with E-state index in [0.717, 1.165) is 93.8 Å². The number of hydrogen-bond acceptors (Lipinski definition) is 6. The van der Waals surface area contributed by atoms with Crippen LogP contribution in [-0.2, 0) is 28.7 Å². The Bertz CT molecular complexity index is 1670. The first-order valence-electron chi connectivity index (χ1n) is 40.9. The maximum atomic E-state index is 11.6. The standard InChI is InChI=1S/C17H28.C10H14O.C10H16.C7H10O.C7H12.2C6H10O.C4H6O2.8C2H6/c1-2-6-14-12(4-1)8-10-17-15-7-3-5-13(15)9-11-16(14)17;11-10-8-2-6-1-7(4-8)5-9(10)3-6;1-7-2-9-4-8(1)5-10(3-7)6-9;8-7-4-5-1-2-6(7)3-5;1-2-7-4-3-6(1)5-7;2*7-6-4-2-1-3-5-6;5-4-2-1-3-6-4;8*1-2/h12-17H,1-11H2;6-9H,1-5H2;7-10H,1-6H2;5-6H,1-4H2;6-7H,1-5H2;2*1-5H2;1-3H2;8*1-2H3. The highest BCUT2D eigenvalue weighted by Gasteiger charge is 2.49. The summed E-state index contributed by atoms with van der Waals surface area (Å²) >= 11 is 0. The van der Waals surface area contributed by atoms with Gasteiger partial charge < -0.3 is 4.74 Å². The molecule has 1 aliphatic heterocycles. The van der Waals surface area contributed by atoms with E-state index < -0.39 is 0 Å². The van der Waals surface area contributed by atoms with Crippen molar-refractivity contribution >= 4 is 29.1 Å². The summed E-state index contributed by atoms with van der Waals surface area (Å²) in [5.74, 6) is 20.3. The van der Waals surface area contributed by atoms with Crippen LogP contribution in [0.2, 0.25) is 0 Å². The molecule has 8 atom stereocenters. The average Bonchev–Trinajstić information content (AvgIpc) is 2.06. The predicted molar refractivity (Wildman–Crippen MR) is 383 cm³/mol. The monoisotopic (exact) mass is 1250 g/mol. The predicted octanol–water partition coefficient (Wildman–Crippen LogP) is 25.0. The van der Waals surface area contributed by atoms with Crippen molar-refractivity contribution in [2.24, 2.45) is 107 Å². The molecule has 19 rings (SSSR count). The summed E-state index contributed by atoms with van der Waals surface area (Å²) in [5, 5.41) is 0. The van der Waals surface area contributed by atoms with Gasteiger partial charge in [0.15, 0.2) is 0 Å². The topological polar surface area (TPSA) is 94.6 Å². The van der Waals surface area contributed by atoms with Crippen LogP contribution in [0, 0.1) is 107 Å². The molecule has 89 heavy (non-hydrogen) atoms. The summed E-state index contributed by atoms with van der Waals surface area (Å²) in [7, 11) is 0. The molecule has 18 aliphatic carbocycles. The van der Waals surface area contributed by atoms with Crippen molar-refractivity contribution in [2.75, 3.05) is 6.61 Å². The van der Waals surface area contributed by atoms with Gasteiger partial charge in [-0.1, -0.05) is 181 Å². The zero-order valence-electron chi connectivity index (χ0n) is 62.5. The van der Waals surface area contributed by atoms with Gasteiger partial charge in [-0.2, -0.15) is 0 Å². The summed E-state index contributed by atoms with van der Waals surface area (Å²) in [6.45, 7) is 32.6. The SMILES string of the molecule is C1C2CC3CC1CC(C2)C3.C1CC2CCC1C2.C1CCC2C(C1)CCC1C3CCCC3CCC21.CC.CC.CC.CC.CC.CC.CC.CC.O=C1C2CC3CC(C2)CC1C3.O=C1CC2CCC1C2.O=C1CCCCC1.O=C1CCCCC1.O=C1CCCO1. The second kappa shape index (κ2) is 49.7. The first-order chi connectivity index (χ1) is 43.6. The van der Waals surface area contributed by atoms with E-state index in [1.165, 1.54) is 123 Å². The third-order valence-corrected chi connectivity index (χ3v) is 23.8. The molecule has 19 aliphatic rings. The highest BCUT2D eigenvalue weighted by atomic mass is 16.5. The molecule has 19 fully saturated rings. The Labute approximate surface area is 555 Å². The molecule has 0 aromatic carbocycles. The van der Waals surface area contributed by atoms with E-state index in [2.05, 4.69) is 4.74 Å². The minimum absolute atomic E-state index is 0.0463. The smallest absolute Gasteiger partial charge is 0.305 e. The van der Waals surface area contributed by atoms with E-state index in [1.54, 1.807) is 141 Å². The third-order valence-electron chi connectivity index (χ3n) is 23.8. The molecule has 6 nitrogen and oxygen atoms in total. The lowest BCUT2D eigenvalue weighted by Gasteiger charge is -2.51. The van der Waals surface area contributed by atoms with Crippen LogP contribution in [0.25, 0.3) is 0 Å². The Morgan fingerprint density at radius 1 is 0.258 bits per heavy atom. The number of rotatable bonds is 0. The molecule has 0 amide bonds. The Hall–Kier alpha value is -1.85. The van der Waals surface area contributed by atoms with Gasteiger partial charge in [-0.05, 0) is 256 Å². The maximum absolute atomic E-state index is 11.6. The number of esters is 1. The van der Waals surface area contributed by atoms with Crippen molar-refractivity contribution in [3.05, 3.63) is 0 Å². The average molecular weight is 1250 g/mol. The molecule has 8 unspecified atom stereocenters. The van der Waals surface area contributed by atoms with Crippen molar-refractivity contribution in [3.8, 4) is 0 Å². The van der Waals surface area contributed by atoms with Crippen LogP contribution in [0.3, 0.4) is 0 Å². The van der Waals surface area contributed by atoms with E-state index in [-0.39, 0.29) is 5.97 Å². The lowest BCUT2D eigenvalue weighted by atomic mass is 9.54. The molecule has 0 spiro atoms. The number of carbonyl (C=O) groups excluding carboxylic acids is 5. The lowest BCUT2D eigenvalue weighted by Crippen LogP contribution is -2.45. The highest BCUT2D eigenvalue weighted by molar-refractivity contribution is 5.85.